The van der Waals surface area contributed by atoms with Crippen LogP contribution in [-0.2, 0) is 6.61 Å². The maximum absolute atomic E-state index is 10.7. The van der Waals surface area contributed by atoms with E-state index < -0.39 is 0 Å². The van der Waals surface area contributed by atoms with Crippen molar-refractivity contribution in [3.05, 3.63) is 59.2 Å². The summed E-state index contributed by atoms with van der Waals surface area (Å²) < 4.78 is 5.54. The van der Waals surface area contributed by atoms with E-state index in [4.69, 9.17) is 4.74 Å². The summed E-state index contributed by atoms with van der Waals surface area (Å²) in [5, 5.41) is 9.90. The highest BCUT2D eigenvalue weighted by Crippen LogP contribution is 2.31. The second-order valence-electron chi connectivity index (χ2n) is 4.02. The number of rotatable bonds is 4. The predicted octanol–water partition coefficient (Wildman–Crippen LogP) is 3.09. The maximum Gasteiger partial charge on any atom is 0.161 e. The molecule has 0 aliphatic carbocycles. The largest absolute Gasteiger partial charge is 0.504 e. The van der Waals surface area contributed by atoms with Crippen molar-refractivity contribution in [2.24, 2.45) is 0 Å². The van der Waals surface area contributed by atoms with Gasteiger partial charge in [-0.15, -0.1) is 0 Å². The van der Waals surface area contributed by atoms with Crippen LogP contribution in [-0.4, -0.2) is 11.4 Å². The zero-order chi connectivity index (χ0) is 13.0. The van der Waals surface area contributed by atoms with Gasteiger partial charge in [-0.3, -0.25) is 4.79 Å². The summed E-state index contributed by atoms with van der Waals surface area (Å²) in [6, 6.07) is 12.9. The Morgan fingerprint density at radius 3 is 2.56 bits per heavy atom. The third kappa shape index (κ3) is 2.51. The number of hydrogen-bond donors (Lipinski definition) is 1. The predicted molar refractivity (Wildman–Crippen MR) is 69.0 cm³/mol. The van der Waals surface area contributed by atoms with Gasteiger partial charge >= 0.3 is 0 Å². The van der Waals surface area contributed by atoms with Gasteiger partial charge in [0.1, 0.15) is 12.9 Å². The van der Waals surface area contributed by atoms with Crippen LogP contribution >= 0.6 is 0 Å². The smallest absolute Gasteiger partial charge is 0.161 e. The Kier molecular flexibility index (Phi) is 3.63. The molecule has 0 bridgehead atoms. The minimum Gasteiger partial charge on any atom is -0.504 e. The SMILES string of the molecule is Cc1c(C=O)ccc(OCc2ccccc2)c1O. The highest BCUT2D eigenvalue weighted by atomic mass is 16.5. The number of hydrogen-bond acceptors (Lipinski definition) is 3. The Hall–Kier alpha value is -2.29. The molecule has 3 heteroatoms. The van der Waals surface area contributed by atoms with E-state index >= 15 is 0 Å². The van der Waals surface area contributed by atoms with Crippen molar-refractivity contribution in [2.75, 3.05) is 0 Å². The lowest BCUT2D eigenvalue weighted by atomic mass is 10.1. The first-order chi connectivity index (χ1) is 8.72. The molecule has 18 heavy (non-hydrogen) atoms. The Bertz CT molecular complexity index is 547. The molecule has 2 aromatic carbocycles. The number of phenolic OH excluding ortho intramolecular Hbond substituents is 1. The van der Waals surface area contributed by atoms with Gasteiger partial charge < -0.3 is 9.84 Å². The van der Waals surface area contributed by atoms with Crippen molar-refractivity contribution in [1.82, 2.24) is 0 Å². The number of carbonyl (C=O) groups is 1. The normalized spacial score (nSPS) is 10.1. The zero-order valence-corrected chi connectivity index (χ0v) is 10.1. The number of aromatic hydroxyl groups is 1. The highest BCUT2D eigenvalue weighted by molar-refractivity contribution is 5.79. The third-order valence-corrected chi connectivity index (χ3v) is 2.80. The van der Waals surface area contributed by atoms with E-state index in [9.17, 15) is 9.90 Å². The van der Waals surface area contributed by atoms with E-state index in [0.29, 0.717) is 23.5 Å². The lowest BCUT2D eigenvalue weighted by Gasteiger charge is -2.10. The monoisotopic (exact) mass is 242 g/mol. The van der Waals surface area contributed by atoms with Crippen LogP contribution in [0.3, 0.4) is 0 Å². The first-order valence-corrected chi connectivity index (χ1v) is 5.67. The summed E-state index contributed by atoms with van der Waals surface area (Å²) in [5.74, 6) is 0.414. The number of benzene rings is 2. The highest BCUT2D eigenvalue weighted by Gasteiger charge is 2.09. The standard InChI is InChI=1S/C15H14O3/c1-11-13(9-16)7-8-14(15(11)17)18-10-12-5-3-2-4-6-12/h2-9,17H,10H2,1H3. The molecule has 0 heterocycles. The fourth-order valence-electron chi connectivity index (χ4n) is 1.67. The average molecular weight is 242 g/mol. The van der Waals surface area contributed by atoms with Gasteiger partial charge in [0.25, 0.3) is 0 Å². The zero-order valence-electron chi connectivity index (χ0n) is 10.1. The van der Waals surface area contributed by atoms with E-state index in [2.05, 4.69) is 0 Å². The van der Waals surface area contributed by atoms with Crippen molar-refractivity contribution in [2.45, 2.75) is 13.5 Å². The lowest BCUT2D eigenvalue weighted by Crippen LogP contribution is -1.97. The Morgan fingerprint density at radius 2 is 1.89 bits per heavy atom. The van der Waals surface area contributed by atoms with Gasteiger partial charge in [-0.25, -0.2) is 0 Å². The molecule has 0 unspecified atom stereocenters. The van der Waals surface area contributed by atoms with E-state index in [1.165, 1.54) is 0 Å². The molecule has 0 aliphatic heterocycles. The van der Waals surface area contributed by atoms with Crippen molar-refractivity contribution in [1.29, 1.82) is 0 Å². The molecule has 1 N–H and O–H groups in total. The molecule has 0 aliphatic rings. The first-order valence-electron chi connectivity index (χ1n) is 5.67. The van der Waals surface area contributed by atoms with E-state index in [1.807, 2.05) is 30.3 Å². The minimum absolute atomic E-state index is 0.0236. The lowest BCUT2D eigenvalue weighted by molar-refractivity contribution is 0.112. The Labute approximate surface area is 106 Å². The Morgan fingerprint density at radius 1 is 1.17 bits per heavy atom. The van der Waals surface area contributed by atoms with Crippen LogP contribution in [0, 0.1) is 6.92 Å². The van der Waals surface area contributed by atoms with Gasteiger partial charge in [0, 0.05) is 11.1 Å². The van der Waals surface area contributed by atoms with E-state index in [0.717, 1.165) is 11.8 Å². The summed E-state index contributed by atoms with van der Waals surface area (Å²) >= 11 is 0. The molecule has 2 aromatic rings. The molecule has 2 rings (SSSR count). The van der Waals surface area contributed by atoms with E-state index in [-0.39, 0.29) is 5.75 Å². The van der Waals surface area contributed by atoms with Crippen LogP contribution in [0.5, 0.6) is 11.5 Å². The Balaban J connectivity index is 2.15. The molecular weight excluding hydrogens is 228 g/mol. The number of carbonyl (C=O) groups excluding carboxylic acids is 1. The fraction of sp³-hybridized carbons (Fsp3) is 0.133. The van der Waals surface area contributed by atoms with Crippen LogP contribution in [0.4, 0.5) is 0 Å². The number of aldehydes is 1. The van der Waals surface area contributed by atoms with Gasteiger partial charge in [0.2, 0.25) is 0 Å². The van der Waals surface area contributed by atoms with Crippen molar-refractivity contribution < 1.29 is 14.6 Å². The van der Waals surface area contributed by atoms with Gasteiger partial charge in [0.15, 0.2) is 11.5 Å². The summed E-state index contributed by atoms with van der Waals surface area (Å²) in [7, 11) is 0. The van der Waals surface area contributed by atoms with Crippen LogP contribution in [0.25, 0.3) is 0 Å². The van der Waals surface area contributed by atoms with Crippen LogP contribution in [0.2, 0.25) is 0 Å². The summed E-state index contributed by atoms with van der Waals surface area (Å²) in [5.41, 5.74) is 2.03. The molecule has 0 saturated heterocycles. The molecule has 0 aromatic heterocycles. The third-order valence-electron chi connectivity index (χ3n) is 2.80. The summed E-state index contributed by atoms with van der Waals surface area (Å²) in [6.45, 7) is 2.07. The van der Waals surface area contributed by atoms with Crippen molar-refractivity contribution in [3.63, 3.8) is 0 Å². The van der Waals surface area contributed by atoms with Crippen LogP contribution in [0.1, 0.15) is 21.5 Å². The molecule has 0 spiro atoms. The van der Waals surface area contributed by atoms with Crippen LogP contribution in [0.15, 0.2) is 42.5 Å². The maximum atomic E-state index is 10.7. The van der Waals surface area contributed by atoms with Gasteiger partial charge in [-0.05, 0) is 24.6 Å². The van der Waals surface area contributed by atoms with Crippen LogP contribution < -0.4 is 4.74 Å². The molecule has 0 amide bonds. The molecule has 0 saturated carbocycles. The average Bonchev–Trinajstić information content (AvgIpc) is 2.42. The fourth-order valence-corrected chi connectivity index (χ4v) is 1.67. The molecule has 3 nitrogen and oxygen atoms in total. The molecular formula is C15H14O3. The van der Waals surface area contributed by atoms with Gasteiger partial charge in [0.05, 0.1) is 0 Å². The topological polar surface area (TPSA) is 46.5 Å². The summed E-state index contributed by atoms with van der Waals surface area (Å²) in [4.78, 5) is 10.7. The molecule has 0 fully saturated rings. The second-order valence-corrected chi connectivity index (χ2v) is 4.02. The van der Waals surface area contributed by atoms with E-state index in [1.54, 1.807) is 19.1 Å². The second kappa shape index (κ2) is 5.36. The number of phenols is 1. The molecule has 92 valence electrons. The first kappa shape index (κ1) is 12.2. The quantitative estimate of drug-likeness (QED) is 0.838. The minimum atomic E-state index is 0.0236. The van der Waals surface area contributed by atoms with Gasteiger partial charge in [-0.1, -0.05) is 30.3 Å². The molecule has 0 atom stereocenters. The molecule has 0 radical (unpaired) electrons. The number of ether oxygens (including phenoxy) is 1. The summed E-state index contributed by atoms with van der Waals surface area (Å²) in [6.07, 6.45) is 0.718. The van der Waals surface area contributed by atoms with Crippen molar-refractivity contribution in [3.8, 4) is 11.5 Å². The van der Waals surface area contributed by atoms with Crippen molar-refractivity contribution >= 4 is 6.29 Å². The van der Waals surface area contributed by atoms with Gasteiger partial charge in [-0.2, -0.15) is 0 Å².